The quantitative estimate of drug-likeness (QED) is 0.871. The fraction of sp³-hybridized carbons (Fsp3) is 0.333. The van der Waals surface area contributed by atoms with Crippen LogP contribution in [-0.4, -0.2) is 15.2 Å². The summed E-state index contributed by atoms with van der Waals surface area (Å²) in [6.07, 6.45) is 0. The van der Waals surface area contributed by atoms with Crippen LogP contribution >= 0.6 is 11.6 Å². The highest BCUT2D eigenvalue weighted by Crippen LogP contribution is 2.14. The van der Waals surface area contributed by atoms with Crippen LogP contribution in [0.3, 0.4) is 0 Å². The van der Waals surface area contributed by atoms with Gasteiger partial charge in [-0.15, -0.1) is 0 Å². The summed E-state index contributed by atoms with van der Waals surface area (Å²) in [4.78, 5) is 24.3. The highest BCUT2D eigenvalue weighted by Gasteiger charge is 2.12. The highest BCUT2D eigenvalue weighted by molar-refractivity contribution is 6.31. The smallest absolute Gasteiger partial charge is 0.326 e. The second kappa shape index (κ2) is 4.59. The minimum Gasteiger partial charge on any atom is -0.326 e. The molecule has 1 aromatic carbocycles. The normalized spacial score (nSPS) is 12.9. The molecule has 1 heterocycles. The van der Waals surface area contributed by atoms with Gasteiger partial charge in [0.1, 0.15) is 0 Å². The van der Waals surface area contributed by atoms with Gasteiger partial charge in [-0.1, -0.05) is 11.6 Å². The lowest BCUT2D eigenvalue weighted by atomic mass is 10.2. The number of rotatable bonds is 2. The maximum Gasteiger partial charge on any atom is 0.331 e. The van der Waals surface area contributed by atoms with Crippen molar-refractivity contribution in [2.45, 2.75) is 19.5 Å². The van der Waals surface area contributed by atoms with Crippen molar-refractivity contribution >= 4 is 22.5 Å². The molecule has 1 atom stereocenters. The van der Waals surface area contributed by atoms with Gasteiger partial charge in [-0.3, -0.25) is 13.9 Å². The van der Waals surface area contributed by atoms with Crippen LogP contribution in [0.15, 0.2) is 27.8 Å². The lowest BCUT2D eigenvalue weighted by molar-refractivity contribution is 0.538. The molecule has 0 saturated heterocycles. The predicted octanol–water partition coefficient (Wildman–Crippen LogP) is 0.701. The number of aryl methyl sites for hydroxylation is 1. The van der Waals surface area contributed by atoms with Crippen molar-refractivity contribution in [2.75, 3.05) is 0 Å². The van der Waals surface area contributed by atoms with Crippen LogP contribution in [0.25, 0.3) is 10.9 Å². The third kappa shape index (κ3) is 2.07. The van der Waals surface area contributed by atoms with Crippen molar-refractivity contribution < 1.29 is 0 Å². The predicted molar refractivity (Wildman–Crippen MR) is 72.1 cm³/mol. The zero-order valence-corrected chi connectivity index (χ0v) is 10.9. The minimum atomic E-state index is -0.368. The van der Waals surface area contributed by atoms with E-state index >= 15 is 0 Å². The van der Waals surface area contributed by atoms with Crippen molar-refractivity contribution in [3.63, 3.8) is 0 Å². The van der Waals surface area contributed by atoms with Crippen LogP contribution in [0, 0.1) is 0 Å². The summed E-state index contributed by atoms with van der Waals surface area (Å²) in [5.74, 6) is 0. The van der Waals surface area contributed by atoms with Gasteiger partial charge in [0.25, 0.3) is 5.56 Å². The lowest BCUT2D eigenvalue weighted by Crippen LogP contribution is -2.42. The Balaban J connectivity index is 2.89. The molecule has 0 fully saturated rings. The summed E-state index contributed by atoms with van der Waals surface area (Å²) in [7, 11) is 1.62. The van der Waals surface area contributed by atoms with Crippen LogP contribution in [-0.2, 0) is 13.6 Å². The first-order valence-electron chi connectivity index (χ1n) is 5.56. The maximum absolute atomic E-state index is 12.2. The van der Waals surface area contributed by atoms with Crippen molar-refractivity contribution in [3.05, 3.63) is 44.1 Å². The molecule has 0 bridgehead atoms. The second-order valence-electron chi connectivity index (χ2n) is 4.40. The van der Waals surface area contributed by atoms with Crippen LogP contribution in [0.1, 0.15) is 6.92 Å². The van der Waals surface area contributed by atoms with Crippen molar-refractivity contribution in [1.82, 2.24) is 9.13 Å². The maximum atomic E-state index is 12.2. The standard InChI is InChI=1S/C12H14ClN3O2/c1-7(14)6-16-11(17)9-5-8(13)3-4-10(9)15(2)12(16)18/h3-5,7H,6,14H2,1-2H3. The molecule has 0 radical (unpaired) electrons. The molecule has 2 N–H and O–H groups in total. The second-order valence-corrected chi connectivity index (χ2v) is 4.83. The third-order valence-electron chi connectivity index (χ3n) is 2.78. The van der Waals surface area contributed by atoms with Crippen LogP contribution in [0.2, 0.25) is 5.02 Å². The largest absolute Gasteiger partial charge is 0.331 e. The topological polar surface area (TPSA) is 70.0 Å². The Bertz CT molecular complexity index is 716. The van der Waals surface area contributed by atoms with Gasteiger partial charge in [-0.2, -0.15) is 0 Å². The van der Waals surface area contributed by atoms with E-state index in [0.717, 1.165) is 4.57 Å². The molecule has 0 aliphatic heterocycles. The summed E-state index contributed by atoms with van der Waals surface area (Å²) < 4.78 is 2.57. The Morgan fingerprint density at radius 3 is 2.67 bits per heavy atom. The molecule has 18 heavy (non-hydrogen) atoms. The van der Waals surface area contributed by atoms with Gasteiger partial charge in [0, 0.05) is 24.7 Å². The Morgan fingerprint density at radius 2 is 2.06 bits per heavy atom. The van der Waals surface area contributed by atoms with Crippen LogP contribution in [0.5, 0.6) is 0 Å². The number of aromatic nitrogens is 2. The van der Waals surface area contributed by atoms with E-state index in [-0.39, 0.29) is 23.8 Å². The van der Waals surface area contributed by atoms with Crippen molar-refractivity contribution in [2.24, 2.45) is 12.8 Å². The molecule has 5 nitrogen and oxygen atoms in total. The van der Waals surface area contributed by atoms with Gasteiger partial charge in [0.05, 0.1) is 10.9 Å². The molecule has 0 aliphatic rings. The monoisotopic (exact) mass is 267 g/mol. The summed E-state index contributed by atoms with van der Waals surface area (Å²) in [6.45, 7) is 1.93. The van der Waals surface area contributed by atoms with Crippen LogP contribution < -0.4 is 17.0 Å². The Morgan fingerprint density at radius 1 is 1.39 bits per heavy atom. The van der Waals surface area contributed by atoms with E-state index in [4.69, 9.17) is 17.3 Å². The molecule has 1 aromatic heterocycles. The first kappa shape index (κ1) is 12.9. The number of benzene rings is 1. The van der Waals surface area contributed by atoms with Gasteiger partial charge in [0.15, 0.2) is 0 Å². The Hall–Kier alpha value is -1.59. The number of nitrogens with two attached hydrogens (primary N) is 1. The van der Waals surface area contributed by atoms with Crippen LogP contribution in [0.4, 0.5) is 0 Å². The first-order valence-corrected chi connectivity index (χ1v) is 5.94. The zero-order valence-electron chi connectivity index (χ0n) is 10.2. The molecule has 1 unspecified atom stereocenters. The lowest BCUT2D eigenvalue weighted by Gasteiger charge is -2.12. The molecule has 96 valence electrons. The van der Waals surface area contributed by atoms with E-state index < -0.39 is 0 Å². The first-order chi connectivity index (χ1) is 8.41. The molecular formula is C12H14ClN3O2. The summed E-state index contributed by atoms with van der Waals surface area (Å²) >= 11 is 5.88. The van der Waals surface area contributed by atoms with E-state index in [2.05, 4.69) is 0 Å². The Kier molecular flexibility index (Phi) is 3.28. The molecule has 0 spiro atoms. The molecule has 0 aliphatic carbocycles. The van der Waals surface area contributed by atoms with E-state index in [0.29, 0.717) is 15.9 Å². The number of hydrogen-bond donors (Lipinski definition) is 1. The van der Waals surface area contributed by atoms with Gasteiger partial charge in [0.2, 0.25) is 0 Å². The van der Waals surface area contributed by atoms with Gasteiger partial charge in [-0.25, -0.2) is 4.79 Å². The fourth-order valence-corrected chi connectivity index (χ4v) is 2.11. The van der Waals surface area contributed by atoms with E-state index in [9.17, 15) is 9.59 Å². The number of halogens is 1. The molecular weight excluding hydrogens is 254 g/mol. The average Bonchev–Trinajstić information content (AvgIpc) is 2.31. The van der Waals surface area contributed by atoms with Gasteiger partial charge in [-0.05, 0) is 25.1 Å². The molecule has 0 saturated carbocycles. The zero-order chi connectivity index (χ0) is 13.4. The third-order valence-corrected chi connectivity index (χ3v) is 3.02. The SMILES string of the molecule is CC(N)Cn1c(=O)c2cc(Cl)ccc2n(C)c1=O. The van der Waals surface area contributed by atoms with Gasteiger partial charge >= 0.3 is 5.69 Å². The number of fused-ring (bicyclic) bond motifs is 1. The van der Waals surface area contributed by atoms with E-state index in [1.807, 2.05) is 0 Å². The fourth-order valence-electron chi connectivity index (χ4n) is 1.94. The Labute approximate surface area is 108 Å². The van der Waals surface area contributed by atoms with Gasteiger partial charge < -0.3 is 5.73 Å². The highest BCUT2D eigenvalue weighted by atomic mass is 35.5. The van der Waals surface area contributed by atoms with E-state index in [1.54, 1.807) is 32.2 Å². The molecule has 2 rings (SSSR count). The number of hydrogen-bond acceptors (Lipinski definition) is 3. The van der Waals surface area contributed by atoms with Crippen molar-refractivity contribution in [3.8, 4) is 0 Å². The van der Waals surface area contributed by atoms with Crippen molar-refractivity contribution in [1.29, 1.82) is 0 Å². The minimum absolute atomic E-state index is 0.188. The summed E-state index contributed by atoms with van der Waals surface area (Å²) in [5, 5.41) is 0.885. The molecule has 2 aromatic rings. The van der Waals surface area contributed by atoms with E-state index in [1.165, 1.54) is 4.57 Å². The summed E-state index contributed by atoms with van der Waals surface area (Å²) in [6, 6.07) is 4.61. The molecule has 0 amide bonds. The molecule has 6 heteroatoms. The average molecular weight is 268 g/mol. The number of nitrogens with zero attached hydrogens (tertiary/aromatic N) is 2. The summed E-state index contributed by atoms with van der Waals surface area (Å²) in [5.41, 5.74) is 5.50.